The second-order valence-electron chi connectivity index (χ2n) is 8.82. The van der Waals surface area contributed by atoms with E-state index in [0.717, 1.165) is 37.6 Å². The predicted molar refractivity (Wildman–Crippen MR) is 120 cm³/mol. The highest BCUT2D eigenvalue weighted by Crippen LogP contribution is 2.28. The number of quaternary nitrogens is 1. The molecule has 1 aromatic carbocycles. The lowest BCUT2D eigenvalue weighted by Crippen LogP contribution is -3.16. The van der Waals surface area contributed by atoms with Crippen molar-refractivity contribution in [2.75, 3.05) is 38.2 Å². The Morgan fingerprint density at radius 1 is 1.17 bits per heavy atom. The van der Waals surface area contributed by atoms with Crippen LogP contribution in [0.15, 0.2) is 41.8 Å². The van der Waals surface area contributed by atoms with Crippen molar-refractivity contribution in [2.24, 2.45) is 5.41 Å². The Morgan fingerprint density at radius 2 is 1.86 bits per heavy atom. The van der Waals surface area contributed by atoms with Crippen LogP contribution in [-0.4, -0.2) is 45.2 Å². The van der Waals surface area contributed by atoms with Gasteiger partial charge in [-0.1, -0.05) is 39.0 Å². The summed E-state index contributed by atoms with van der Waals surface area (Å²) in [6.07, 6.45) is 0. The molecule has 0 bridgehead atoms. The van der Waals surface area contributed by atoms with Crippen molar-refractivity contribution in [1.29, 1.82) is 0 Å². The van der Waals surface area contributed by atoms with Crippen LogP contribution in [0.4, 0.5) is 5.69 Å². The normalized spacial score (nSPS) is 17.6. The summed E-state index contributed by atoms with van der Waals surface area (Å²) in [7, 11) is 1.73. The number of ether oxygens (including phenoxy) is 1. The summed E-state index contributed by atoms with van der Waals surface area (Å²) >= 11 is 1.79. The summed E-state index contributed by atoms with van der Waals surface area (Å²) in [6.45, 7) is 12.0. The maximum absolute atomic E-state index is 12.6. The van der Waals surface area contributed by atoms with Gasteiger partial charge in [0.05, 0.1) is 49.9 Å². The maximum Gasteiger partial charge on any atom is 0.225 e. The van der Waals surface area contributed by atoms with Crippen LogP contribution in [0, 0.1) is 5.41 Å². The zero-order valence-corrected chi connectivity index (χ0v) is 19.0. The minimum absolute atomic E-state index is 0.0770. The number of nitrogens with one attached hydrogen (secondary N) is 2. The molecule has 158 valence electrons. The van der Waals surface area contributed by atoms with Gasteiger partial charge in [-0.15, -0.1) is 11.3 Å². The van der Waals surface area contributed by atoms with Crippen LogP contribution in [-0.2, 0) is 4.79 Å². The molecule has 0 radical (unpaired) electrons. The molecule has 0 saturated carbocycles. The second kappa shape index (κ2) is 9.18. The molecule has 1 saturated heterocycles. The summed E-state index contributed by atoms with van der Waals surface area (Å²) in [6, 6.07) is 12.9. The summed E-state index contributed by atoms with van der Waals surface area (Å²) in [5.74, 6) is 1.04. The number of anilines is 1. The fraction of sp³-hybridized carbons (Fsp3) is 0.522. The number of piperazine rings is 1. The zero-order valence-electron chi connectivity index (χ0n) is 18.2. The van der Waals surface area contributed by atoms with Crippen molar-refractivity contribution in [3.8, 4) is 5.75 Å². The number of thiophene rings is 1. The molecule has 2 heterocycles. The topological polar surface area (TPSA) is 46.0 Å². The van der Waals surface area contributed by atoms with E-state index in [1.807, 2.05) is 32.9 Å². The minimum Gasteiger partial charge on any atom is -0.495 e. The molecule has 1 amide bonds. The molecule has 1 aliphatic heterocycles. The number of nitrogens with zero attached hydrogens (tertiary/aromatic N) is 1. The summed E-state index contributed by atoms with van der Waals surface area (Å²) in [5, 5.41) is 5.41. The van der Waals surface area contributed by atoms with Gasteiger partial charge in [-0.25, -0.2) is 0 Å². The third kappa shape index (κ3) is 5.11. The summed E-state index contributed by atoms with van der Waals surface area (Å²) < 4.78 is 5.55. The lowest BCUT2D eigenvalue weighted by atomic mass is 9.94. The van der Waals surface area contributed by atoms with E-state index in [4.69, 9.17) is 4.74 Å². The second-order valence-corrected chi connectivity index (χ2v) is 9.80. The molecule has 5 nitrogen and oxygen atoms in total. The van der Waals surface area contributed by atoms with Gasteiger partial charge in [0.1, 0.15) is 11.8 Å². The minimum atomic E-state index is -0.383. The van der Waals surface area contributed by atoms with Gasteiger partial charge in [-0.2, -0.15) is 0 Å². The Hall–Kier alpha value is -2.05. The molecule has 1 fully saturated rings. The third-order valence-electron chi connectivity index (χ3n) is 5.66. The average Bonchev–Trinajstić information content (AvgIpc) is 3.22. The highest BCUT2D eigenvalue weighted by molar-refractivity contribution is 7.10. The van der Waals surface area contributed by atoms with Crippen molar-refractivity contribution >= 4 is 22.9 Å². The van der Waals surface area contributed by atoms with Crippen LogP contribution in [0.25, 0.3) is 0 Å². The van der Waals surface area contributed by atoms with Crippen LogP contribution in [0.5, 0.6) is 5.75 Å². The standard InChI is InChI=1S/C23H33N3O2S/c1-17(24-22(27)23(2,3)4)21(20-11-8-16-29-20)26-14-12-25(13-15-26)18-9-6-7-10-19(18)28-5/h6-11,16-17,21H,12-15H2,1-5H3,(H,24,27)/p+1/t17-,21+/m1/s1. The van der Waals surface area contributed by atoms with Crippen LogP contribution in [0.3, 0.4) is 0 Å². The molecule has 2 aromatic rings. The Labute approximate surface area is 178 Å². The van der Waals surface area contributed by atoms with Crippen molar-refractivity contribution in [3.05, 3.63) is 46.7 Å². The van der Waals surface area contributed by atoms with Gasteiger partial charge >= 0.3 is 0 Å². The van der Waals surface area contributed by atoms with Crippen LogP contribution >= 0.6 is 11.3 Å². The number of amides is 1. The summed E-state index contributed by atoms with van der Waals surface area (Å²) in [5.41, 5.74) is 0.780. The largest absolute Gasteiger partial charge is 0.495 e. The molecule has 2 atom stereocenters. The first kappa shape index (κ1) is 21.7. The Kier molecular flexibility index (Phi) is 6.85. The molecular weight excluding hydrogens is 382 g/mol. The van der Waals surface area contributed by atoms with Crippen LogP contribution < -0.4 is 19.9 Å². The number of benzene rings is 1. The number of rotatable bonds is 6. The van der Waals surface area contributed by atoms with E-state index in [0.29, 0.717) is 0 Å². The quantitative estimate of drug-likeness (QED) is 0.761. The van der Waals surface area contributed by atoms with E-state index in [1.165, 1.54) is 9.78 Å². The number of hydrogen-bond acceptors (Lipinski definition) is 4. The molecular formula is C23H34N3O2S+. The van der Waals surface area contributed by atoms with Gasteiger partial charge in [0.15, 0.2) is 0 Å². The number of para-hydroxylation sites is 2. The van der Waals surface area contributed by atoms with Gasteiger partial charge in [0, 0.05) is 5.41 Å². The fourth-order valence-electron chi connectivity index (χ4n) is 4.01. The highest BCUT2D eigenvalue weighted by Gasteiger charge is 2.36. The fourth-order valence-corrected chi connectivity index (χ4v) is 5.00. The first-order valence-electron chi connectivity index (χ1n) is 10.4. The third-order valence-corrected chi connectivity index (χ3v) is 6.62. The molecule has 29 heavy (non-hydrogen) atoms. The van der Waals surface area contributed by atoms with Crippen LogP contribution in [0.1, 0.15) is 38.6 Å². The lowest BCUT2D eigenvalue weighted by molar-refractivity contribution is -0.933. The molecule has 6 heteroatoms. The average molecular weight is 417 g/mol. The first-order chi connectivity index (χ1) is 13.8. The first-order valence-corrected chi connectivity index (χ1v) is 11.3. The Morgan fingerprint density at radius 3 is 2.45 bits per heavy atom. The SMILES string of the molecule is COc1ccccc1N1CC[NH+]([C@H](c2cccs2)[C@@H](C)NC(=O)C(C)(C)C)CC1. The number of hydrogen-bond donors (Lipinski definition) is 2. The molecule has 0 aliphatic carbocycles. The van der Waals surface area contributed by atoms with E-state index >= 15 is 0 Å². The van der Waals surface area contributed by atoms with Gasteiger partial charge in [0.2, 0.25) is 5.91 Å². The molecule has 3 rings (SSSR count). The van der Waals surface area contributed by atoms with Gasteiger partial charge < -0.3 is 19.9 Å². The smallest absolute Gasteiger partial charge is 0.225 e. The lowest BCUT2D eigenvalue weighted by Gasteiger charge is -2.40. The molecule has 0 unspecified atom stereocenters. The number of carbonyl (C=O) groups is 1. The van der Waals surface area contributed by atoms with Crippen molar-refractivity contribution in [2.45, 2.75) is 39.8 Å². The number of methoxy groups -OCH3 is 1. The van der Waals surface area contributed by atoms with E-state index in [1.54, 1.807) is 18.4 Å². The Bertz CT molecular complexity index is 793. The van der Waals surface area contributed by atoms with Crippen LogP contribution in [0.2, 0.25) is 0 Å². The van der Waals surface area contributed by atoms with Gasteiger partial charge in [0.25, 0.3) is 0 Å². The van der Waals surface area contributed by atoms with E-state index in [9.17, 15) is 4.79 Å². The molecule has 0 spiro atoms. The summed E-state index contributed by atoms with van der Waals surface area (Å²) in [4.78, 5) is 17.9. The molecule has 1 aromatic heterocycles. The van der Waals surface area contributed by atoms with Crippen molar-refractivity contribution in [3.63, 3.8) is 0 Å². The van der Waals surface area contributed by atoms with Crippen molar-refractivity contribution in [1.82, 2.24) is 5.32 Å². The molecule has 1 aliphatic rings. The Balaban J connectivity index is 1.73. The predicted octanol–water partition coefficient (Wildman–Crippen LogP) is 2.75. The van der Waals surface area contributed by atoms with Gasteiger partial charge in [-0.3, -0.25) is 4.79 Å². The van der Waals surface area contributed by atoms with E-state index in [-0.39, 0.29) is 23.4 Å². The maximum atomic E-state index is 12.6. The number of carbonyl (C=O) groups excluding carboxylic acids is 1. The van der Waals surface area contributed by atoms with Crippen molar-refractivity contribution < 1.29 is 14.4 Å². The van der Waals surface area contributed by atoms with Gasteiger partial charge in [-0.05, 0) is 30.5 Å². The zero-order chi connectivity index (χ0) is 21.0. The monoisotopic (exact) mass is 416 g/mol. The highest BCUT2D eigenvalue weighted by atomic mass is 32.1. The van der Waals surface area contributed by atoms with E-state index in [2.05, 4.69) is 46.8 Å². The molecule has 2 N–H and O–H groups in total. The van der Waals surface area contributed by atoms with E-state index < -0.39 is 0 Å².